The van der Waals surface area contributed by atoms with Gasteiger partial charge in [-0.25, -0.2) is 12.6 Å². The van der Waals surface area contributed by atoms with E-state index in [0.29, 0.717) is 0 Å². The zero-order chi connectivity index (χ0) is 10.7. The molecule has 0 atom stereocenters. The van der Waals surface area contributed by atoms with Gasteiger partial charge < -0.3 is 0 Å². The van der Waals surface area contributed by atoms with Gasteiger partial charge in [0.1, 0.15) is 5.82 Å². The molecule has 0 amide bonds. The molecule has 1 aliphatic carbocycles. The molecule has 0 unspecified atom stereocenters. The molecule has 1 saturated carbocycles. The van der Waals surface area contributed by atoms with E-state index in [4.69, 9.17) is 0 Å². The Hall–Kier alpha value is -0.150. The molecule has 15 heavy (non-hydrogen) atoms. The third kappa shape index (κ3) is 1.60. The van der Waals surface area contributed by atoms with Crippen LogP contribution in [0.4, 0.5) is 4.39 Å². The highest BCUT2D eigenvalue weighted by Gasteiger charge is 2.48. The minimum Gasteiger partial charge on any atom is -0.219 e. The molecule has 2 aliphatic rings. The third-order valence-corrected chi connectivity index (χ3v) is 12.2. The number of thiol groups is 1. The molecule has 1 aromatic rings. The van der Waals surface area contributed by atoms with E-state index in [0.717, 1.165) is 15.9 Å². The monoisotopic (exact) mass is 244 g/mol. The molecule has 1 aliphatic heterocycles. The quantitative estimate of drug-likeness (QED) is 0.466. The van der Waals surface area contributed by atoms with E-state index >= 15 is 0 Å². The molecule has 3 heteroatoms. The molecule has 3 rings (SSSR count). The van der Waals surface area contributed by atoms with E-state index in [2.05, 4.69) is 18.6 Å². The fraction of sp³-hybridized carbons (Fsp3) is 0.500. The van der Waals surface area contributed by atoms with Crippen molar-refractivity contribution in [3.8, 4) is 0 Å². The normalized spacial score (nSPS) is 29.1. The average molecular weight is 244 g/mol. The number of hydrogen-bond donors (Lipinski definition) is 1. The van der Waals surface area contributed by atoms with Crippen LogP contribution in [0.5, 0.6) is 0 Å². The average Bonchev–Trinajstić information content (AvgIpc) is 3.05. The van der Waals surface area contributed by atoms with Crippen molar-refractivity contribution in [3.05, 3.63) is 29.6 Å². The van der Waals surface area contributed by atoms with Crippen LogP contribution < -0.4 is 0 Å². The fourth-order valence-electron chi connectivity index (χ4n) is 2.02. The van der Waals surface area contributed by atoms with Crippen LogP contribution in [0.15, 0.2) is 23.1 Å². The first-order valence-electron chi connectivity index (χ1n) is 5.44. The minimum atomic E-state index is -1.80. The molecule has 0 N–H and O–H groups in total. The summed E-state index contributed by atoms with van der Waals surface area (Å²) in [5.41, 5.74) is 1.37. The number of hydrogen-bond acceptors (Lipinski definition) is 1. The molecule has 1 saturated heterocycles. The summed E-state index contributed by atoms with van der Waals surface area (Å²) in [6, 6.07) is 5.82. The van der Waals surface area contributed by atoms with Crippen LogP contribution in [0, 0.1) is 5.82 Å². The molecule has 0 aromatic heterocycles. The summed E-state index contributed by atoms with van der Waals surface area (Å²) in [5.74, 6) is 0.750. The first-order chi connectivity index (χ1) is 6.98. The number of halogens is 1. The highest BCUT2D eigenvalue weighted by molar-refractivity contribution is 9.16. The summed E-state index contributed by atoms with van der Waals surface area (Å²) in [7, 11) is 0.170. The molecular weight excluding hydrogens is 227 g/mol. The predicted octanol–water partition coefficient (Wildman–Crippen LogP) is 4.01. The van der Waals surface area contributed by atoms with Crippen LogP contribution in [0.1, 0.15) is 24.3 Å². The summed E-state index contributed by atoms with van der Waals surface area (Å²) >= 11 is 0. The topological polar surface area (TPSA) is 0 Å². The second-order valence-corrected chi connectivity index (χ2v) is 16.1. The molecule has 0 nitrogen and oxygen atoms in total. The SMILES string of the molecule is C[SH]1(C)(c2cc(C3CC3)ccc2F)CS1. The molecule has 0 spiro atoms. The summed E-state index contributed by atoms with van der Waals surface area (Å²) in [6.45, 7) is 0. The van der Waals surface area contributed by atoms with Crippen molar-refractivity contribution in [3.63, 3.8) is 0 Å². The first-order valence-corrected chi connectivity index (χ1v) is 10.3. The Bertz CT molecular complexity index is 427. The molecule has 1 aromatic carbocycles. The van der Waals surface area contributed by atoms with Crippen LogP contribution >= 0.6 is 19.0 Å². The van der Waals surface area contributed by atoms with E-state index in [1.165, 1.54) is 18.4 Å². The minimum absolute atomic E-state index is 0.0204. The van der Waals surface area contributed by atoms with Gasteiger partial charge in [0, 0.05) is 9.98 Å². The molecule has 0 bridgehead atoms. The van der Waals surface area contributed by atoms with E-state index in [-0.39, 0.29) is 5.82 Å². The predicted molar refractivity (Wildman–Crippen MR) is 69.9 cm³/mol. The zero-order valence-corrected chi connectivity index (χ0v) is 10.9. The Morgan fingerprint density at radius 2 is 2.00 bits per heavy atom. The van der Waals surface area contributed by atoms with Gasteiger partial charge in [-0.15, -0.1) is 10.8 Å². The summed E-state index contributed by atoms with van der Waals surface area (Å²) < 4.78 is 13.9. The van der Waals surface area contributed by atoms with Gasteiger partial charge in [0.2, 0.25) is 0 Å². The summed E-state index contributed by atoms with van der Waals surface area (Å²) in [4.78, 5) is 1.04. The van der Waals surface area contributed by atoms with Crippen LogP contribution in [-0.2, 0) is 0 Å². The standard InChI is InChI=1S/C12H17FS2/c1-15(2,8-14-15)12-7-10(9-3-4-9)5-6-11(12)13/h5-7,9,15H,3-4,8H2,1-2H3. The van der Waals surface area contributed by atoms with Crippen molar-refractivity contribution in [1.82, 2.24) is 0 Å². The lowest BCUT2D eigenvalue weighted by Crippen LogP contribution is -2.00. The summed E-state index contributed by atoms with van der Waals surface area (Å²) in [6.07, 6.45) is 7.15. The Labute approximate surface area is 94.3 Å². The fourth-order valence-corrected chi connectivity index (χ4v) is 8.59. The lowest BCUT2D eigenvalue weighted by molar-refractivity contribution is 0.599. The van der Waals surface area contributed by atoms with Gasteiger partial charge in [0.05, 0.1) is 0 Å². The Kier molecular flexibility index (Phi) is 1.84. The van der Waals surface area contributed by atoms with Gasteiger partial charge >= 0.3 is 0 Å². The van der Waals surface area contributed by atoms with Crippen molar-refractivity contribution in [1.29, 1.82) is 0 Å². The maximum atomic E-state index is 13.9. The van der Waals surface area contributed by atoms with Crippen molar-refractivity contribution in [2.45, 2.75) is 23.7 Å². The smallest absolute Gasteiger partial charge is 0.134 e. The van der Waals surface area contributed by atoms with Crippen molar-refractivity contribution in [2.75, 3.05) is 17.6 Å². The van der Waals surface area contributed by atoms with Gasteiger partial charge in [0.15, 0.2) is 0 Å². The van der Waals surface area contributed by atoms with Gasteiger partial charge in [-0.05, 0) is 49.0 Å². The maximum absolute atomic E-state index is 13.9. The lowest BCUT2D eigenvalue weighted by atomic mass is 10.1. The number of benzene rings is 1. The molecule has 2 fully saturated rings. The maximum Gasteiger partial charge on any atom is 0.134 e. The lowest BCUT2D eigenvalue weighted by Gasteiger charge is -2.34. The number of rotatable bonds is 2. The van der Waals surface area contributed by atoms with Gasteiger partial charge in [-0.2, -0.15) is 0 Å². The largest absolute Gasteiger partial charge is 0.219 e. The van der Waals surface area contributed by atoms with Crippen LogP contribution in [-0.4, -0.2) is 17.6 Å². The van der Waals surface area contributed by atoms with E-state index in [9.17, 15) is 4.39 Å². The zero-order valence-electron chi connectivity index (χ0n) is 9.16. The van der Waals surface area contributed by atoms with Crippen LogP contribution in [0.3, 0.4) is 0 Å². The van der Waals surface area contributed by atoms with E-state index in [1.54, 1.807) is 6.07 Å². The molecule has 1 heterocycles. The summed E-state index contributed by atoms with van der Waals surface area (Å²) in [5, 5.41) is 1.16. The molecule has 84 valence electrons. The molecular formula is C12H17FS2. The van der Waals surface area contributed by atoms with Crippen LogP contribution in [0.25, 0.3) is 0 Å². The van der Waals surface area contributed by atoms with E-state index < -0.39 is 8.19 Å². The first kappa shape index (κ1) is 10.0. The van der Waals surface area contributed by atoms with Crippen LogP contribution in [0.2, 0.25) is 0 Å². The molecule has 0 radical (unpaired) electrons. The van der Waals surface area contributed by atoms with Crippen molar-refractivity contribution < 1.29 is 4.39 Å². The highest BCUT2D eigenvalue weighted by atomic mass is 33.2. The Balaban J connectivity index is 2.09. The second kappa shape index (κ2) is 2.75. The van der Waals surface area contributed by atoms with Crippen molar-refractivity contribution in [2.24, 2.45) is 0 Å². The highest BCUT2D eigenvalue weighted by Crippen LogP contribution is 2.94. The van der Waals surface area contributed by atoms with Gasteiger partial charge in [0.25, 0.3) is 0 Å². The van der Waals surface area contributed by atoms with Gasteiger partial charge in [-0.3, -0.25) is 0 Å². The van der Waals surface area contributed by atoms with E-state index in [1.807, 2.05) is 16.9 Å². The third-order valence-electron chi connectivity index (χ3n) is 3.54. The second-order valence-electron chi connectivity index (χ2n) is 5.51. The Morgan fingerprint density at radius 3 is 2.53 bits per heavy atom. The Morgan fingerprint density at radius 1 is 1.33 bits per heavy atom. The van der Waals surface area contributed by atoms with Crippen molar-refractivity contribution >= 4 is 19.0 Å². The van der Waals surface area contributed by atoms with Gasteiger partial charge in [-0.1, -0.05) is 6.07 Å².